The van der Waals surface area contributed by atoms with Gasteiger partial charge in [0.25, 0.3) is 5.91 Å². The predicted molar refractivity (Wildman–Crippen MR) is 122 cm³/mol. The van der Waals surface area contributed by atoms with Gasteiger partial charge in [0, 0.05) is 19.8 Å². The highest BCUT2D eigenvalue weighted by atomic mass is 35.5. The van der Waals surface area contributed by atoms with Crippen molar-refractivity contribution in [3.63, 3.8) is 0 Å². The molecule has 0 saturated heterocycles. The maximum atomic E-state index is 13.1. The first-order valence-electron chi connectivity index (χ1n) is 9.64. The molecule has 2 aromatic carbocycles. The van der Waals surface area contributed by atoms with Crippen molar-refractivity contribution < 1.29 is 13.2 Å². The molecule has 0 spiro atoms. The fourth-order valence-corrected chi connectivity index (χ4v) is 4.51. The average molecular weight is 461 g/mol. The lowest BCUT2D eigenvalue weighted by Gasteiger charge is -2.16. The molecule has 31 heavy (non-hydrogen) atoms. The third-order valence-corrected chi connectivity index (χ3v) is 7.31. The second kappa shape index (κ2) is 8.82. The van der Waals surface area contributed by atoms with E-state index >= 15 is 0 Å². The standard InChI is InChI=1S/C22H25ClN4O3S/c1-14-11-18(31(29,30)26(4)5)12-19(15(14)2)24-22(28)20-16(3)25-27(21(20)23)13-17-9-7-6-8-10-17/h6-12H,13H2,1-5H3,(H,24,28). The molecule has 0 aliphatic carbocycles. The molecule has 1 aromatic heterocycles. The number of carbonyl (C=O) groups excluding carboxylic acids is 1. The number of anilines is 1. The number of amides is 1. The Hall–Kier alpha value is -2.68. The van der Waals surface area contributed by atoms with Crippen LogP contribution in [0.25, 0.3) is 0 Å². The maximum Gasteiger partial charge on any atom is 0.260 e. The van der Waals surface area contributed by atoms with Crippen molar-refractivity contribution in [2.24, 2.45) is 0 Å². The van der Waals surface area contributed by atoms with Gasteiger partial charge in [-0.05, 0) is 49.6 Å². The summed E-state index contributed by atoms with van der Waals surface area (Å²) in [7, 11) is -0.716. The number of halogens is 1. The summed E-state index contributed by atoms with van der Waals surface area (Å²) in [5, 5.41) is 7.45. The first kappa shape index (κ1) is 23.0. The zero-order valence-corrected chi connectivity index (χ0v) is 19.7. The number of nitrogens with one attached hydrogen (secondary N) is 1. The van der Waals surface area contributed by atoms with Crippen LogP contribution in [0.5, 0.6) is 0 Å². The monoisotopic (exact) mass is 460 g/mol. The number of rotatable bonds is 6. The zero-order valence-electron chi connectivity index (χ0n) is 18.1. The van der Waals surface area contributed by atoms with Gasteiger partial charge in [-0.1, -0.05) is 41.9 Å². The number of benzene rings is 2. The van der Waals surface area contributed by atoms with E-state index in [1.165, 1.54) is 20.2 Å². The zero-order chi connectivity index (χ0) is 22.9. The molecule has 164 valence electrons. The van der Waals surface area contributed by atoms with E-state index in [0.717, 1.165) is 21.0 Å². The number of nitrogens with zero attached hydrogens (tertiary/aromatic N) is 3. The molecule has 0 aliphatic heterocycles. The van der Waals surface area contributed by atoms with E-state index in [2.05, 4.69) is 10.4 Å². The van der Waals surface area contributed by atoms with Gasteiger partial charge in [0.1, 0.15) is 5.15 Å². The van der Waals surface area contributed by atoms with Gasteiger partial charge in [0.15, 0.2) is 0 Å². The van der Waals surface area contributed by atoms with Crippen LogP contribution >= 0.6 is 11.6 Å². The Balaban J connectivity index is 1.94. The normalized spacial score (nSPS) is 11.7. The van der Waals surface area contributed by atoms with Crippen LogP contribution in [0.15, 0.2) is 47.4 Å². The summed E-state index contributed by atoms with van der Waals surface area (Å²) in [5.74, 6) is -0.441. The van der Waals surface area contributed by atoms with Crippen molar-refractivity contribution in [3.05, 3.63) is 75.6 Å². The summed E-state index contributed by atoms with van der Waals surface area (Å²) in [6, 6.07) is 12.7. The Morgan fingerprint density at radius 1 is 1.13 bits per heavy atom. The summed E-state index contributed by atoms with van der Waals surface area (Å²) >= 11 is 6.49. The van der Waals surface area contributed by atoms with E-state index in [1.807, 2.05) is 37.3 Å². The van der Waals surface area contributed by atoms with Gasteiger partial charge in [-0.25, -0.2) is 17.4 Å². The smallest absolute Gasteiger partial charge is 0.260 e. The number of aryl methyl sites for hydroxylation is 2. The van der Waals surface area contributed by atoms with Gasteiger partial charge in [-0.2, -0.15) is 5.10 Å². The quantitative estimate of drug-likeness (QED) is 0.602. The molecular formula is C22H25ClN4O3S. The molecule has 0 aliphatic rings. The Labute approximate surface area is 187 Å². The number of hydrogen-bond acceptors (Lipinski definition) is 4. The van der Waals surface area contributed by atoms with E-state index in [1.54, 1.807) is 24.6 Å². The van der Waals surface area contributed by atoms with Crippen LogP contribution < -0.4 is 5.32 Å². The van der Waals surface area contributed by atoms with Gasteiger partial charge >= 0.3 is 0 Å². The fraction of sp³-hybridized carbons (Fsp3) is 0.273. The summed E-state index contributed by atoms with van der Waals surface area (Å²) in [6.45, 7) is 5.77. The van der Waals surface area contributed by atoms with Crippen LogP contribution in [0.1, 0.15) is 32.7 Å². The van der Waals surface area contributed by atoms with Crippen molar-refractivity contribution in [1.29, 1.82) is 0 Å². The highest BCUT2D eigenvalue weighted by Crippen LogP contribution is 2.28. The Bertz CT molecular complexity index is 1240. The van der Waals surface area contributed by atoms with Crippen molar-refractivity contribution in [1.82, 2.24) is 14.1 Å². The lowest BCUT2D eigenvalue weighted by molar-refractivity contribution is 0.102. The minimum Gasteiger partial charge on any atom is -0.322 e. The second-order valence-corrected chi connectivity index (χ2v) is 10.1. The summed E-state index contributed by atoms with van der Waals surface area (Å²) in [6.07, 6.45) is 0. The molecule has 7 nitrogen and oxygen atoms in total. The topological polar surface area (TPSA) is 84.3 Å². The van der Waals surface area contributed by atoms with Crippen LogP contribution in [0, 0.1) is 20.8 Å². The van der Waals surface area contributed by atoms with Gasteiger partial charge < -0.3 is 5.32 Å². The van der Waals surface area contributed by atoms with E-state index in [-0.39, 0.29) is 15.6 Å². The third kappa shape index (κ3) is 4.66. The molecule has 1 amide bonds. The number of sulfonamides is 1. The molecule has 9 heteroatoms. The number of hydrogen-bond donors (Lipinski definition) is 1. The first-order valence-corrected chi connectivity index (χ1v) is 11.5. The molecule has 1 heterocycles. The van der Waals surface area contributed by atoms with Gasteiger partial charge in [-0.15, -0.1) is 0 Å². The summed E-state index contributed by atoms with van der Waals surface area (Å²) in [4.78, 5) is 13.2. The van der Waals surface area contributed by atoms with Gasteiger partial charge in [0.05, 0.1) is 22.7 Å². The minimum atomic E-state index is -3.65. The molecule has 3 rings (SSSR count). The molecule has 0 saturated carbocycles. The third-order valence-electron chi connectivity index (χ3n) is 5.14. The maximum absolute atomic E-state index is 13.1. The van der Waals surface area contributed by atoms with E-state index in [4.69, 9.17) is 11.6 Å². The molecule has 3 aromatic rings. The largest absolute Gasteiger partial charge is 0.322 e. The highest BCUT2D eigenvalue weighted by molar-refractivity contribution is 7.89. The van der Waals surface area contributed by atoms with E-state index in [0.29, 0.717) is 17.9 Å². The van der Waals surface area contributed by atoms with Gasteiger partial charge in [-0.3, -0.25) is 4.79 Å². The Kier molecular flexibility index (Phi) is 6.54. The average Bonchev–Trinajstić information content (AvgIpc) is 2.98. The molecule has 0 unspecified atom stereocenters. The van der Waals surface area contributed by atoms with Crippen molar-refractivity contribution >= 4 is 33.2 Å². The van der Waals surface area contributed by atoms with E-state index < -0.39 is 15.9 Å². The van der Waals surface area contributed by atoms with Crippen molar-refractivity contribution in [3.8, 4) is 0 Å². The Morgan fingerprint density at radius 2 is 1.77 bits per heavy atom. The van der Waals surface area contributed by atoms with Gasteiger partial charge in [0.2, 0.25) is 10.0 Å². The van der Waals surface area contributed by atoms with Crippen LogP contribution in [0.3, 0.4) is 0 Å². The molecule has 0 fully saturated rings. The first-order chi connectivity index (χ1) is 14.5. The summed E-state index contributed by atoms with van der Waals surface area (Å²) in [5.41, 5.74) is 3.70. The SMILES string of the molecule is Cc1cc(S(=O)(=O)N(C)C)cc(NC(=O)c2c(C)nn(Cc3ccccc3)c2Cl)c1C. The predicted octanol–water partition coefficient (Wildman–Crippen LogP) is 4.01. The lowest BCUT2D eigenvalue weighted by Crippen LogP contribution is -2.23. The van der Waals surface area contributed by atoms with Crippen LogP contribution in [0.2, 0.25) is 5.15 Å². The molecule has 0 bridgehead atoms. The second-order valence-electron chi connectivity index (χ2n) is 7.55. The van der Waals surface area contributed by atoms with Crippen LogP contribution in [-0.2, 0) is 16.6 Å². The number of carbonyl (C=O) groups is 1. The minimum absolute atomic E-state index is 0.110. The van der Waals surface area contributed by atoms with E-state index in [9.17, 15) is 13.2 Å². The highest BCUT2D eigenvalue weighted by Gasteiger charge is 2.23. The number of aromatic nitrogens is 2. The molecule has 0 atom stereocenters. The summed E-state index contributed by atoms with van der Waals surface area (Å²) < 4.78 is 27.8. The van der Waals surface area contributed by atoms with Crippen molar-refractivity contribution in [2.75, 3.05) is 19.4 Å². The fourth-order valence-electron chi connectivity index (χ4n) is 3.17. The van der Waals surface area contributed by atoms with Crippen LogP contribution in [-0.4, -0.2) is 42.5 Å². The molecule has 0 radical (unpaired) electrons. The van der Waals surface area contributed by atoms with Crippen LogP contribution in [0.4, 0.5) is 5.69 Å². The van der Waals surface area contributed by atoms with Crippen molar-refractivity contribution in [2.45, 2.75) is 32.2 Å². The molecule has 1 N–H and O–H groups in total. The molecular weight excluding hydrogens is 436 g/mol. The Morgan fingerprint density at radius 3 is 2.39 bits per heavy atom. The lowest BCUT2D eigenvalue weighted by atomic mass is 10.1.